The lowest BCUT2D eigenvalue weighted by Crippen LogP contribution is -2.65. The third-order valence-corrected chi connectivity index (χ3v) is 4.43. The molecule has 0 unspecified atom stereocenters. The average Bonchev–Trinajstić information content (AvgIpc) is 2.51. The third kappa shape index (κ3) is 2.88. The molecule has 2 heterocycles. The lowest BCUT2D eigenvalue weighted by molar-refractivity contribution is -0.301. The number of carbonyl (C=O) groups excluding carboxylic acids is 1. The van der Waals surface area contributed by atoms with E-state index in [0.717, 1.165) is 0 Å². The van der Waals surface area contributed by atoms with Gasteiger partial charge in [-0.25, -0.2) is 0 Å². The van der Waals surface area contributed by atoms with Crippen LogP contribution in [0.25, 0.3) is 0 Å². The van der Waals surface area contributed by atoms with Gasteiger partial charge in [-0.05, 0) is 26.0 Å². The molecule has 1 aromatic rings. The van der Waals surface area contributed by atoms with Gasteiger partial charge in [-0.1, -0.05) is 6.07 Å². The largest absolute Gasteiger partial charge is 0.493 e. The lowest BCUT2D eigenvalue weighted by atomic mass is 9.80. The van der Waals surface area contributed by atoms with E-state index in [-0.39, 0.29) is 11.3 Å². The van der Waals surface area contributed by atoms with Gasteiger partial charge >= 0.3 is 0 Å². The Kier molecular flexibility index (Phi) is 3.98. The number of hydrogen-bond donors (Lipinski definition) is 0. The molecule has 1 aromatic carbocycles. The van der Waals surface area contributed by atoms with Gasteiger partial charge in [-0.2, -0.15) is 0 Å². The van der Waals surface area contributed by atoms with Gasteiger partial charge in [0, 0.05) is 13.1 Å². The van der Waals surface area contributed by atoms with Crippen molar-refractivity contribution < 1.29 is 23.7 Å². The van der Waals surface area contributed by atoms with Crippen LogP contribution in [0.5, 0.6) is 11.5 Å². The highest BCUT2D eigenvalue weighted by Gasteiger charge is 2.50. The number of amides is 1. The zero-order valence-electron chi connectivity index (χ0n) is 14.0. The number of likely N-dealkylation sites (tertiary alicyclic amines) is 1. The number of hydrogen-bond acceptors (Lipinski definition) is 5. The summed E-state index contributed by atoms with van der Waals surface area (Å²) in [7, 11) is 3.10. The Labute approximate surface area is 136 Å². The van der Waals surface area contributed by atoms with Gasteiger partial charge in [0.05, 0.1) is 38.4 Å². The van der Waals surface area contributed by atoms with Crippen molar-refractivity contribution in [1.29, 1.82) is 0 Å². The van der Waals surface area contributed by atoms with Crippen molar-refractivity contribution in [3.8, 4) is 11.5 Å². The molecule has 3 rings (SSSR count). The van der Waals surface area contributed by atoms with Gasteiger partial charge in [0.1, 0.15) is 0 Å². The Bertz CT molecular complexity index is 595. The second-order valence-corrected chi connectivity index (χ2v) is 6.68. The smallest absolute Gasteiger partial charge is 0.257 e. The van der Waals surface area contributed by atoms with E-state index < -0.39 is 5.79 Å². The second kappa shape index (κ2) is 5.69. The van der Waals surface area contributed by atoms with Crippen LogP contribution in [-0.4, -0.2) is 57.1 Å². The first-order valence-electron chi connectivity index (χ1n) is 7.68. The van der Waals surface area contributed by atoms with E-state index in [1.54, 1.807) is 30.2 Å². The number of para-hydroxylation sites is 1. The standard InChI is InChI=1S/C17H23NO5/c1-16(2)22-10-17(11-23-16)8-18(9-17)15(19)12-6-5-7-13(20-3)14(12)21-4/h5-7H,8-11H2,1-4H3. The third-order valence-electron chi connectivity index (χ3n) is 4.43. The van der Waals surface area contributed by atoms with Crippen molar-refractivity contribution in [3.05, 3.63) is 23.8 Å². The second-order valence-electron chi connectivity index (χ2n) is 6.68. The molecule has 0 atom stereocenters. The van der Waals surface area contributed by atoms with E-state index in [1.165, 1.54) is 7.11 Å². The predicted octanol–water partition coefficient (Wildman–Crippen LogP) is 1.93. The van der Waals surface area contributed by atoms with E-state index in [1.807, 2.05) is 13.8 Å². The van der Waals surface area contributed by atoms with Crippen molar-refractivity contribution in [2.45, 2.75) is 19.6 Å². The minimum absolute atomic E-state index is 0.0591. The number of methoxy groups -OCH3 is 2. The number of carbonyl (C=O) groups is 1. The molecule has 0 radical (unpaired) electrons. The molecular weight excluding hydrogens is 298 g/mol. The Balaban J connectivity index is 1.70. The molecule has 0 N–H and O–H groups in total. The summed E-state index contributed by atoms with van der Waals surface area (Å²) in [5.74, 6) is 0.431. The molecule has 0 aliphatic carbocycles. The molecule has 2 aliphatic heterocycles. The zero-order valence-corrected chi connectivity index (χ0v) is 14.0. The molecule has 6 nitrogen and oxygen atoms in total. The molecule has 0 aromatic heterocycles. The van der Waals surface area contributed by atoms with Crippen LogP contribution in [0.2, 0.25) is 0 Å². The summed E-state index contributed by atoms with van der Waals surface area (Å²) < 4.78 is 22.1. The summed E-state index contributed by atoms with van der Waals surface area (Å²) >= 11 is 0. The summed E-state index contributed by atoms with van der Waals surface area (Å²) in [4.78, 5) is 14.5. The van der Waals surface area contributed by atoms with E-state index >= 15 is 0 Å². The lowest BCUT2D eigenvalue weighted by Gasteiger charge is -2.54. The molecule has 126 valence electrons. The first kappa shape index (κ1) is 16.1. The van der Waals surface area contributed by atoms with Crippen LogP contribution >= 0.6 is 0 Å². The van der Waals surface area contributed by atoms with Crippen LogP contribution in [0.1, 0.15) is 24.2 Å². The number of ether oxygens (including phenoxy) is 4. The summed E-state index contributed by atoms with van der Waals surface area (Å²) in [5, 5.41) is 0. The van der Waals surface area contributed by atoms with Gasteiger partial charge in [-0.15, -0.1) is 0 Å². The molecule has 1 spiro atoms. The van der Waals surface area contributed by atoms with Gasteiger partial charge in [-0.3, -0.25) is 4.79 Å². The first-order valence-corrected chi connectivity index (χ1v) is 7.68. The molecule has 6 heteroatoms. The van der Waals surface area contributed by atoms with Gasteiger partial charge in [0.2, 0.25) is 0 Å². The fraction of sp³-hybridized carbons (Fsp3) is 0.588. The van der Waals surface area contributed by atoms with Crippen molar-refractivity contribution in [2.75, 3.05) is 40.5 Å². The van der Waals surface area contributed by atoms with E-state index in [2.05, 4.69) is 0 Å². The highest BCUT2D eigenvalue weighted by atomic mass is 16.7. The maximum atomic E-state index is 12.7. The van der Waals surface area contributed by atoms with Gasteiger partial charge < -0.3 is 23.8 Å². The number of benzene rings is 1. The summed E-state index contributed by atoms with van der Waals surface area (Å²) in [6.45, 7) is 6.29. The predicted molar refractivity (Wildman–Crippen MR) is 83.9 cm³/mol. The first-order chi connectivity index (χ1) is 10.9. The van der Waals surface area contributed by atoms with E-state index in [0.29, 0.717) is 43.4 Å². The maximum Gasteiger partial charge on any atom is 0.257 e. The van der Waals surface area contributed by atoms with Crippen molar-refractivity contribution >= 4 is 5.91 Å². The molecule has 0 saturated carbocycles. The Morgan fingerprint density at radius 3 is 2.35 bits per heavy atom. The van der Waals surface area contributed by atoms with Crippen LogP contribution < -0.4 is 9.47 Å². The SMILES string of the molecule is COc1cccc(C(=O)N2CC3(COC(C)(C)OC3)C2)c1OC. The van der Waals surface area contributed by atoms with Crippen molar-refractivity contribution in [2.24, 2.45) is 5.41 Å². The highest BCUT2D eigenvalue weighted by Crippen LogP contribution is 2.40. The Morgan fingerprint density at radius 2 is 1.78 bits per heavy atom. The fourth-order valence-electron chi connectivity index (χ4n) is 3.05. The van der Waals surface area contributed by atoms with Crippen LogP contribution in [-0.2, 0) is 9.47 Å². The summed E-state index contributed by atoms with van der Waals surface area (Å²) in [5.41, 5.74) is 0.428. The fourth-order valence-corrected chi connectivity index (χ4v) is 3.05. The maximum absolute atomic E-state index is 12.7. The highest BCUT2D eigenvalue weighted by molar-refractivity contribution is 5.98. The quantitative estimate of drug-likeness (QED) is 0.851. The zero-order chi connectivity index (χ0) is 16.7. The number of rotatable bonds is 3. The molecule has 2 fully saturated rings. The van der Waals surface area contributed by atoms with E-state index in [9.17, 15) is 4.79 Å². The van der Waals surface area contributed by atoms with Gasteiger partial charge in [0.25, 0.3) is 5.91 Å². The molecule has 23 heavy (non-hydrogen) atoms. The minimum atomic E-state index is -0.536. The molecule has 2 saturated heterocycles. The molecule has 1 amide bonds. The Hall–Kier alpha value is -1.79. The molecular formula is C17H23NO5. The average molecular weight is 321 g/mol. The summed E-state index contributed by atoms with van der Waals surface area (Å²) in [6, 6.07) is 5.32. The summed E-state index contributed by atoms with van der Waals surface area (Å²) in [6.07, 6.45) is 0. The monoisotopic (exact) mass is 321 g/mol. The Morgan fingerprint density at radius 1 is 1.13 bits per heavy atom. The number of nitrogens with zero attached hydrogens (tertiary/aromatic N) is 1. The van der Waals surface area contributed by atoms with Crippen LogP contribution in [0.15, 0.2) is 18.2 Å². The van der Waals surface area contributed by atoms with Gasteiger partial charge in [0.15, 0.2) is 17.3 Å². The van der Waals surface area contributed by atoms with Crippen molar-refractivity contribution in [3.63, 3.8) is 0 Å². The topological polar surface area (TPSA) is 57.2 Å². The van der Waals surface area contributed by atoms with Crippen LogP contribution in [0.3, 0.4) is 0 Å². The van der Waals surface area contributed by atoms with Crippen molar-refractivity contribution in [1.82, 2.24) is 4.90 Å². The normalized spacial score (nSPS) is 21.7. The minimum Gasteiger partial charge on any atom is -0.493 e. The molecule has 2 aliphatic rings. The van der Waals surface area contributed by atoms with E-state index in [4.69, 9.17) is 18.9 Å². The van der Waals surface area contributed by atoms with Crippen LogP contribution in [0.4, 0.5) is 0 Å². The molecule has 0 bridgehead atoms. The van der Waals surface area contributed by atoms with Crippen LogP contribution in [0, 0.1) is 5.41 Å².